The van der Waals surface area contributed by atoms with Gasteiger partial charge in [-0.05, 0) is 18.2 Å². The first kappa shape index (κ1) is 16.6. The van der Waals surface area contributed by atoms with Crippen molar-refractivity contribution in [1.29, 1.82) is 0 Å². The summed E-state index contributed by atoms with van der Waals surface area (Å²) in [5, 5.41) is 3.07. The number of nitrogens with one attached hydrogen (secondary N) is 1. The SMILES string of the molecule is C=CCSc1nc(N)c(C(=O)Nc2ccccc2)cc1C(N)=O. The molecular formula is C16H16N4O2S. The molecule has 0 spiro atoms. The predicted molar refractivity (Wildman–Crippen MR) is 92.5 cm³/mol. The van der Waals surface area contributed by atoms with Crippen LogP contribution in [0, 0.1) is 0 Å². The van der Waals surface area contributed by atoms with Crippen molar-refractivity contribution >= 4 is 35.1 Å². The summed E-state index contributed by atoms with van der Waals surface area (Å²) in [7, 11) is 0. The predicted octanol–water partition coefficient (Wildman–Crippen LogP) is 2.29. The van der Waals surface area contributed by atoms with Crippen LogP contribution in [0.3, 0.4) is 0 Å². The number of primary amides is 1. The number of nitrogens with zero attached hydrogens (tertiary/aromatic N) is 1. The molecule has 23 heavy (non-hydrogen) atoms. The number of anilines is 2. The lowest BCUT2D eigenvalue weighted by Gasteiger charge is -2.11. The van der Waals surface area contributed by atoms with Crippen LogP contribution in [-0.4, -0.2) is 22.6 Å². The number of amides is 2. The Hall–Kier alpha value is -2.80. The van der Waals surface area contributed by atoms with E-state index in [1.54, 1.807) is 30.3 Å². The summed E-state index contributed by atoms with van der Waals surface area (Å²) in [6, 6.07) is 10.3. The number of nitrogens with two attached hydrogens (primary N) is 2. The summed E-state index contributed by atoms with van der Waals surface area (Å²) < 4.78 is 0. The number of nitrogen functional groups attached to an aromatic ring is 1. The summed E-state index contributed by atoms with van der Waals surface area (Å²) in [4.78, 5) is 28.1. The van der Waals surface area contributed by atoms with E-state index in [9.17, 15) is 9.59 Å². The second-order valence-electron chi connectivity index (χ2n) is 4.56. The van der Waals surface area contributed by atoms with Gasteiger partial charge in [-0.15, -0.1) is 18.3 Å². The molecule has 2 rings (SSSR count). The number of para-hydroxylation sites is 1. The highest BCUT2D eigenvalue weighted by molar-refractivity contribution is 7.99. The molecule has 118 valence electrons. The van der Waals surface area contributed by atoms with E-state index in [4.69, 9.17) is 11.5 Å². The molecule has 0 bridgehead atoms. The van der Waals surface area contributed by atoms with Crippen molar-refractivity contribution in [3.63, 3.8) is 0 Å². The monoisotopic (exact) mass is 328 g/mol. The largest absolute Gasteiger partial charge is 0.383 e. The molecule has 0 saturated heterocycles. The Morgan fingerprint density at radius 3 is 2.57 bits per heavy atom. The van der Waals surface area contributed by atoms with Gasteiger partial charge in [0, 0.05) is 11.4 Å². The molecular weight excluding hydrogens is 312 g/mol. The Labute approximate surface area is 138 Å². The van der Waals surface area contributed by atoms with E-state index < -0.39 is 11.8 Å². The standard InChI is InChI=1S/C16H16N4O2S/c1-2-8-23-16-12(14(18)21)9-11(13(17)20-16)15(22)19-10-6-4-3-5-7-10/h2-7,9H,1,8H2,(H2,17,20)(H2,18,21)(H,19,22). The highest BCUT2D eigenvalue weighted by atomic mass is 32.2. The fourth-order valence-electron chi connectivity index (χ4n) is 1.84. The Bertz CT molecular complexity index is 747. The first-order valence-electron chi connectivity index (χ1n) is 6.73. The van der Waals surface area contributed by atoms with Crippen molar-refractivity contribution in [2.24, 2.45) is 5.73 Å². The van der Waals surface area contributed by atoms with Crippen LogP contribution < -0.4 is 16.8 Å². The second-order valence-corrected chi connectivity index (χ2v) is 5.57. The van der Waals surface area contributed by atoms with Crippen LogP contribution in [0.25, 0.3) is 0 Å². The van der Waals surface area contributed by atoms with Crippen LogP contribution in [0.1, 0.15) is 20.7 Å². The molecule has 0 fully saturated rings. The van der Waals surface area contributed by atoms with Crippen LogP contribution in [-0.2, 0) is 0 Å². The van der Waals surface area contributed by atoms with Crippen molar-refractivity contribution < 1.29 is 9.59 Å². The van der Waals surface area contributed by atoms with Crippen molar-refractivity contribution in [2.45, 2.75) is 5.03 Å². The highest BCUT2D eigenvalue weighted by Gasteiger charge is 2.18. The third kappa shape index (κ3) is 4.10. The third-order valence-electron chi connectivity index (χ3n) is 2.90. The Morgan fingerprint density at radius 2 is 1.96 bits per heavy atom. The Morgan fingerprint density at radius 1 is 1.26 bits per heavy atom. The lowest BCUT2D eigenvalue weighted by molar-refractivity contribution is 0.0997. The van der Waals surface area contributed by atoms with E-state index in [2.05, 4.69) is 16.9 Å². The minimum Gasteiger partial charge on any atom is -0.383 e. The van der Waals surface area contributed by atoms with Crippen molar-refractivity contribution in [3.05, 3.63) is 60.2 Å². The molecule has 0 aliphatic heterocycles. The summed E-state index contributed by atoms with van der Waals surface area (Å²) >= 11 is 1.27. The average molecular weight is 328 g/mol. The van der Waals surface area contributed by atoms with E-state index in [1.807, 2.05) is 6.07 Å². The van der Waals surface area contributed by atoms with Gasteiger partial charge >= 0.3 is 0 Å². The average Bonchev–Trinajstić information content (AvgIpc) is 2.53. The zero-order chi connectivity index (χ0) is 16.8. The van der Waals surface area contributed by atoms with Gasteiger partial charge in [-0.1, -0.05) is 24.3 Å². The molecule has 0 aliphatic carbocycles. The Kier molecular flexibility index (Phi) is 5.37. The molecule has 1 aromatic carbocycles. The minimum atomic E-state index is -0.669. The maximum atomic E-state index is 12.3. The van der Waals surface area contributed by atoms with Crippen LogP contribution >= 0.6 is 11.8 Å². The fourth-order valence-corrected chi connectivity index (χ4v) is 2.59. The second kappa shape index (κ2) is 7.46. The number of rotatable bonds is 6. The van der Waals surface area contributed by atoms with E-state index in [0.29, 0.717) is 16.5 Å². The smallest absolute Gasteiger partial charge is 0.259 e. The lowest BCUT2D eigenvalue weighted by Crippen LogP contribution is -2.19. The van der Waals surface area contributed by atoms with E-state index in [-0.39, 0.29) is 16.9 Å². The molecule has 0 unspecified atom stereocenters. The summed E-state index contributed by atoms with van der Waals surface area (Å²) in [6.07, 6.45) is 1.67. The minimum absolute atomic E-state index is 0.0370. The number of hydrogen-bond acceptors (Lipinski definition) is 5. The van der Waals surface area contributed by atoms with Gasteiger partial charge in [-0.3, -0.25) is 9.59 Å². The van der Waals surface area contributed by atoms with E-state index >= 15 is 0 Å². The van der Waals surface area contributed by atoms with Gasteiger partial charge in [0.15, 0.2) is 0 Å². The number of carbonyl (C=O) groups is 2. The van der Waals surface area contributed by atoms with Crippen molar-refractivity contribution in [3.8, 4) is 0 Å². The number of carbonyl (C=O) groups excluding carboxylic acids is 2. The first-order valence-corrected chi connectivity index (χ1v) is 7.72. The number of hydrogen-bond donors (Lipinski definition) is 3. The summed E-state index contributed by atoms with van der Waals surface area (Å²) in [5.41, 5.74) is 12.1. The quantitative estimate of drug-likeness (QED) is 0.556. The zero-order valence-electron chi connectivity index (χ0n) is 12.3. The van der Waals surface area contributed by atoms with Gasteiger partial charge in [-0.25, -0.2) is 4.98 Å². The van der Waals surface area contributed by atoms with Gasteiger partial charge in [-0.2, -0.15) is 0 Å². The molecule has 0 radical (unpaired) electrons. The topological polar surface area (TPSA) is 111 Å². The molecule has 0 atom stereocenters. The first-order chi connectivity index (χ1) is 11.0. The molecule has 0 saturated carbocycles. The Balaban J connectivity index is 2.34. The molecule has 6 nitrogen and oxygen atoms in total. The molecule has 2 amide bonds. The van der Waals surface area contributed by atoms with Gasteiger partial charge in [0.05, 0.1) is 11.1 Å². The molecule has 7 heteroatoms. The van der Waals surface area contributed by atoms with Crippen LogP contribution in [0.15, 0.2) is 54.1 Å². The molecule has 2 aromatic rings. The highest BCUT2D eigenvalue weighted by Crippen LogP contribution is 2.25. The van der Waals surface area contributed by atoms with Gasteiger partial charge in [0.1, 0.15) is 10.8 Å². The zero-order valence-corrected chi connectivity index (χ0v) is 13.1. The fraction of sp³-hybridized carbons (Fsp3) is 0.0625. The van der Waals surface area contributed by atoms with E-state index in [0.717, 1.165) is 0 Å². The number of pyridine rings is 1. The van der Waals surface area contributed by atoms with Crippen molar-refractivity contribution in [2.75, 3.05) is 16.8 Å². The molecule has 0 aliphatic rings. The molecule has 5 N–H and O–H groups in total. The number of benzene rings is 1. The lowest BCUT2D eigenvalue weighted by atomic mass is 10.1. The van der Waals surface area contributed by atoms with Crippen LogP contribution in [0.2, 0.25) is 0 Å². The molecule has 1 heterocycles. The van der Waals surface area contributed by atoms with Crippen LogP contribution in [0.5, 0.6) is 0 Å². The maximum absolute atomic E-state index is 12.3. The number of aromatic nitrogens is 1. The third-order valence-corrected chi connectivity index (χ3v) is 3.88. The number of thioether (sulfide) groups is 1. The van der Waals surface area contributed by atoms with Gasteiger partial charge < -0.3 is 16.8 Å². The van der Waals surface area contributed by atoms with Gasteiger partial charge in [0.25, 0.3) is 11.8 Å². The molecule has 1 aromatic heterocycles. The summed E-state index contributed by atoms with van der Waals surface area (Å²) in [6.45, 7) is 3.61. The van der Waals surface area contributed by atoms with Crippen LogP contribution in [0.4, 0.5) is 11.5 Å². The normalized spacial score (nSPS) is 10.1. The van der Waals surface area contributed by atoms with Gasteiger partial charge in [0.2, 0.25) is 0 Å². The van der Waals surface area contributed by atoms with Crippen molar-refractivity contribution in [1.82, 2.24) is 4.98 Å². The summed E-state index contributed by atoms with van der Waals surface area (Å²) in [5.74, 6) is -0.542. The maximum Gasteiger partial charge on any atom is 0.259 e. The van der Waals surface area contributed by atoms with E-state index in [1.165, 1.54) is 17.8 Å².